The Morgan fingerprint density at radius 1 is 1.17 bits per heavy atom. The number of carbonyl (C=O) groups excluding carboxylic acids is 1. The van der Waals surface area contributed by atoms with Crippen molar-refractivity contribution in [3.8, 4) is 6.07 Å². The van der Waals surface area contributed by atoms with Gasteiger partial charge in [0.05, 0.1) is 24.6 Å². The van der Waals surface area contributed by atoms with E-state index >= 15 is 0 Å². The second-order valence-corrected chi connectivity index (χ2v) is 6.30. The number of benzene rings is 2. The second kappa shape index (κ2) is 8.99. The first-order valence-electron chi connectivity index (χ1n) is 7.43. The van der Waals surface area contributed by atoms with Crippen LogP contribution in [0.15, 0.2) is 59.5 Å². The van der Waals surface area contributed by atoms with Gasteiger partial charge < -0.3 is 10.2 Å². The zero-order chi connectivity index (χ0) is 16.5. The number of likely N-dealkylation sites (N-methyl/N-ethyl adjacent to an activating group) is 1. The lowest BCUT2D eigenvalue weighted by Crippen LogP contribution is -3.08. The molecule has 2 aromatic rings. The van der Waals surface area contributed by atoms with Gasteiger partial charge in [-0.2, -0.15) is 5.26 Å². The van der Waals surface area contributed by atoms with Crippen molar-refractivity contribution in [2.45, 2.75) is 11.4 Å². The first-order chi connectivity index (χ1) is 11.2. The zero-order valence-corrected chi connectivity index (χ0v) is 13.9. The smallest absolute Gasteiger partial charge is 0.279 e. The fourth-order valence-electron chi connectivity index (χ4n) is 2.28. The van der Waals surface area contributed by atoms with Crippen LogP contribution >= 0.6 is 11.8 Å². The van der Waals surface area contributed by atoms with Gasteiger partial charge in [-0.1, -0.05) is 42.5 Å². The molecule has 0 aliphatic heterocycles. The summed E-state index contributed by atoms with van der Waals surface area (Å²) >= 11 is 1.43. The number of nitrogens with one attached hydrogen (secondary N) is 2. The van der Waals surface area contributed by atoms with Crippen molar-refractivity contribution >= 4 is 23.4 Å². The van der Waals surface area contributed by atoms with Crippen LogP contribution in [0.4, 0.5) is 5.69 Å². The molecule has 118 valence electrons. The molecule has 0 aromatic heterocycles. The van der Waals surface area contributed by atoms with Crippen LogP contribution in [-0.2, 0) is 11.3 Å². The Hall–Kier alpha value is -2.29. The van der Waals surface area contributed by atoms with Crippen LogP contribution in [0.5, 0.6) is 0 Å². The van der Waals surface area contributed by atoms with Gasteiger partial charge in [-0.15, -0.1) is 11.8 Å². The van der Waals surface area contributed by atoms with Crippen molar-refractivity contribution in [2.24, 2.45) is 0 Å². The lowest BCUT2D eigenvalue weighted by atomic mass is 10.2. The second-order valence-electron chi connectivity index (χ2n) is 5.29. The lowest BCUT2D eigenvalue weighted by molar-refractivity contribution is -0.885. The third-order valence-electron chi connectivity index (χ3n) is 3.26. The van der Waals surface area contributed by atoms with Crippen molar-refractivity contribution in [2.75, 3.05) is 24.7 Å². The predicted octanol–water partition coefficient (Wildman–Crippen LogP) is 1.96. The Morgan fingerprint density at radius 2 is 1.87 bits per heavy atom. The number of hydrogen-bond acceptors (Lipinski definition) is 3. The quantitative estimate of drug-likeness (QED) is 0.765. The van der Waals surface area contributed by atoms with Crippen molar-refractivity contribution in [1.29, 1.82) is 5.26 Å². The number of thioether (sulfide) groups is 1. The van der Waals surface area contributed by atoms with E-state index < -0.39 is 0 Å². The van der Waals surface area contributed by atoms with E-state index in [1.54, 1.807) is 0 Å². The van der Waals surface area contributed by atoms with Crippen LogP contribution in [-0.4, -0.2) is 25.3 Å². The maximum absolute atomic E-state index is 12.2. The first kappa shape index (κ1) is 17.1. The number of nitriles is 1. The lowest BCUT2D eigenvalue weighted by Gasteiger charge is -2.15. The number of para-hydroxylation sites is 1. The largest absolute Gasteiger partial charge is 0.326 e. The third-order valence-corrected chi connectivity index (χ3v) is 4.20. The topological polar surface area (TPSA) is 57.3 Å². The average molecular weight is 326 g/mol. The molecule has 0 heterocycles. The summed E-state index contributed by atoms with van der Waals surface area (Å²) in [6.45, 7) is 1.20. The van der Waals surface area contributed by atoms with Gasteiger partial charge in [-0.05, 0) is 12.1 Å². The first-order valence-corrected chi connectivity index (χ1v) is 8.41. The maximum atomic E-state index is 12.2. The summed E-state index contributed by atoms with van der Waals surface area (Å²) < 4.78 is 0. The Labute approximate surface area is 141 Å². The summed E-state index contributed by atoms with van der Waals surface area (Å²) in [5, 5.41) is 11.6. The predicted molar refractivity (Wildman–Crippen MR) is 93.3 cm³/mol. The maximum Gasteiger partial charge on any atom is 0.279 e. The molecule has 1 amide bonds. The molecule has 0 saturated heterocycles. The molecule has 0 spiro atoms. The molecular weight excluding hydrogens is 306 g/mol. The molecule has 0 fully saturated rings. The highest BCUT2D eigenvalue weighted by atomic mass is 32.2. The highest BCUT2D eigenvalue weighted by molar-refractivity contribution is 7.99. The van der Waals surface area contributed by atoms with E-state index in [2.05, 4.69) is 23.5 Å². The highest BCUT2D eigenvalue weighted by Gasteiger charge is 2.12. The van der Waals surface area contributed by atoms with Gasteiger partial charge in [-0.25, -0.2) is 0 Å². The number of anilines is 1. The molecule has 5 heteroatoms. The molecule has 2 N–H and O–H groups in total. The standard InChI is InChI=1S/C18H19N3OS/c1-21(13-15-7-3-2-4-8-15)14-18(22)20-16-9-5-6-10-17(16)23-12-11-19/h2-10H,12-14H2,1H3,(H,20,22)/p+1. The van der Waals surface area contributed by atoms with Crippen molar-refractivity contribution < 1.29 is 9.69 Å². The van der Waals surface area contributed by atoms with Crippen molar-refractivity contribution in [1.82, 2.24) is 0 Å². The summed E-state index contributed by atoms with van der Waals surface area (Å²) in [4.78, 5) is 14.3. The van der Waals surface area contributed by atoms with Gasteiger partial charge in [0.1, 0.15) is 6.54 Å². The number of amides is 1. The van der Waals surface area contributed by atoms with Crippen LogP contribution in [0.25, 0.3) is 0 Å². The average Bonchev–Trinajstić information content (AvgIpc) is 2.54. The molecule has 2 aromatic carbocycles. The normalized spacial score (nSPS) is 11.5. The molecule has 4 nitrogen and oxygen atoms in total. The molecule has 1 unspecified atom stereocenters. The molecule has 1 atom stereocenters. The minimum absolute atomic E-state index is 0.0246. The fraction of sp³-hybridized carbons (Fsp3) is 0.222. The van der Waals surface area contributed by atoms with Gasteiger partial charge in [0.25, 0.3) is 5.91 Å². The number of carbonyl (C=O) groups is 1. The Kier molecular flexibility index (Phi) is 6.67. The number of rotatable bonds is 7. The molecule has 23 heavy (non-hydrogen) atoms. The van der Waals surface area contributed by atoms with Crippen LogP contribution in [0, 0.1) is 11.3 Å². The molecule has 0 aliphatic rings. The van der Waals surface area contributed by atoms with Crippen molar-refractivity contribution in [3.05, 3.63) is 60.2 Å². The number of hydrogen-bond donors (Lipinski definition) is 2. The molecular formula is C18H20N3OS+. The SMILES string of the molecule is C[NH+](CC(=O)Nc1ccccc1SCC#N)Cc1ccccc1. The molecule has 0 aliphatic carbocycles. The van der Waals surface area contributed by atoms with Crippen LogP contribution < -0.4 is 10.2 Å². The molecule has 0 saturated carbocycles. The molecule has 2 rings (SSSR count). The Bertz CT molecular complexity index is 682. The van der Waals surface area contributed by atoms with Gasteiger partial charge in [-0.3, -0.25) is 4.79 Å². The van der Waals surface area contributed by atoms with Gasteiger partial charge in [0.15, 0.2) is 6.54 Å². The summed E-state index contributed by atoms with van der Waals surface area (Å²) in [7, 11) is 2.00. The van der Waals surface area contributed by atoms with Crippen LogP contribution in [0.3, 0.4) is 0 Å². The van der Waals surface area contributed by atoms with Gasteiger partial charge >= 0.3 is 0 Å². The van der Waals surface area contributed by atoms with E-state index in [1.807, 2.05) is 49.5 Å². The van der Waals surface area contributed by atoms with E-state index in [9.17, 15) is 4.79 Å². The Morgan fingerprint density at radius 3 is 2.61 bits per heavy atom. The monoisotopic (exact) mass is 326 g/mol. The molecule has 0 bridgehead atoms. The van der Waals surface area contributed by atoms with E-state index in [1.165, 1.54) is 17.3 Å². The third kappa shape index (κ3) is 5.78. The van der Waals surface area contributed by atoms with Crippen LogP contribution in [0.1, 0.15) is 5.56 Å². The van der Waals surface area contributed by atoms with Gasteiger partial charge in [0.2, 0.25) is 0 Å². The summed E-state index contributed by atoms with van der Waals surface area (Å²) in [5.74, 6) is 0.343. The van der Waals surface area contributed by atoms with E-state index in [0.29, 0.717) is 12.3 Å². The summed E-state index contributed by atoms with van der Waals surface area (Å²) in [5.41, 5.74) is 1.98. The number of nitrogens with zero attached hydrogens (tertiary/aromatic N) is 1. The Balaban J connectivity index is 1.91. The minimum atomic E-state index is -0.0246. The number of quaternary nitrogens is 1. The van der Waals surface area contributed by atoms with Gasteiger partial charge in [0, 0.05) is 10.5 Å². The highest BCUT2D eigenvalue weighted by Crippen LogP contribution is 2.26. The minimum Gasteiger partial charge on any atom is -0.326 e. The van der Waals surface area contributed by atoms with E-state index in [0.717, 1.165) is 22.0 Å². The molecule has 0 radical (unpaired) electrons. The zero-order valence-electron chi connectivity index (χ0n) is 13.1. The van der Waals surface area contributed by atoms with E-state index in [4.69, 9.17) is 5.26 Å². The van der Waals surface area contributed by atoms with Crippen molar-refractivity contribution in [3.63, 3.8) is 0 Å². The summed E-state index contributed by atoms with van der Waals surface area (Å²) in [6.07, 6.45) is 0. The fourth-order valence-corrected chi connectivity index (χ4v) is 2.95. The van der Waals surface area contributed by atoms with E-state index in [-0.39, 0.29) is 5.91 Å². The van der Waals surface area contributed by atoms with Crippen LogP contribution in [0.2, 0.25) is 0 Å². The summed E-state index contributed by atoms with van der Waals surface area (Å²) in [6, 6.07) is 19.8.